The molecule has 1 amide bonds. The van der Waals surface area contributed by atoms with E-state index in [0.29, 0.717) is 18.9 Å². The lowest BCUT2D eigenvalue weighted by Gasteiger charge is -2.15. The third kappa shape index (κ3) is 5.32. The summed E-state index contributed by atoms with van der Waals surface area (Å²) < 4.78 is 10.7. The van der Waals surface area contributed by atoms with Crippen LogP contribution in [0.4, 0.5) is 0 Å². The van der Waals surface area contributed by atoms with Crippen molar-refractivity contribution in [2.75, 3.05) is 26.8 Å². The molecule has 6 heteroatoms. The van der Waals surface area contributed by atoms with E-state index in [1.54, 1.807) is 13.3 Å². The molecule has 116 valence electrons. The maximum absolute atomic E-state index is 11.8. The van der Waals surface area contributed by atoms with Crippen LogP contribution in [0.15, 0.2) is 18.3 Å². The second kappa shape index (κ2) is 8.59. The highest BCUT2D eigenvalue weighted by Crippen LogP contribution is 2.16. The summed E-state index contributed by atoms with van der Waals surface area (Å²) in [5.74, 6) is 0.607. The molecule has 21 heavy (non-hydrogen) atoms. The SMILES string of the molecule is COCCNCc1ccc(OC2CCCCNC2=O)cn1. The first-order chi connectivity index (χ1) is 10.3. The Balaban J connectivity index is 1.82. The molecule has 2 heterocycles. The zero-order valence-electron chi connectivity index (χ0n) is 12.4. The van der Waals surface area contributed by atoms with E-state index in [1.807, 2.05) is 12.1 Å². The van der Waals surface area contributed by atoms with E-state index in [4.69, 9.17) is 9.47 Å². The quantitative estimate of drug-likeness (QED) is 0.730. The van der Waals surface area contributed by atoms with Crippen LogP contribution in [0.1, 0.15) is 25.0 Å². The number of carbonyl (C=O) groups excluding carboxylic acids is 1. The Bertz CT molecular complexity index is 436. The third-order valence-corrected chi connectivity index (χ3v) is 3.35. The van der Waals surface area contributed by atoms with Crippen LogP contribution in [0.25, 0.3) is 0 Å². The smallest absolute Gasteiger partial charge is 0.261 e. The minimum atomic E-state index is -0.403. The van der Waals surface area contributed by atoms with Crippen molar-refractivity contribution in [1.29, 1.82) is 0 Å². The lowest BCUT2D eigenvalue weighted by atomic mass is 10.2. The lowest BCUT2D eigenvalue weighted by molar-refractivity contribution is -0.127. The normalized spacial score (nSPS) is 18.9. The second-order valence-corrected chi connectivity index (χ2v) is 5.05. The van der Waals surface area contributed by atoms with Crippen LogP contribution in [-0.4, -0.2) is 43.8 Å². The summed E-state index contributed by atoms with van der Waals surface area (Å²) in [6.45, 7) is 2.90. The van der Waals surface area contributed by atoms with Gasteiger partial charge in [0, 0.05) is 26.7 Å². The molecule has 0 spiro atoms. The highest BCUT2D eigenvalue weighted by atomic mass is 16.5. The molecule has 0 aliphatic carbocycles. The van der Waals surface area contributed by atoms with Crippen molar-refractivity contribution in [2.45, 2.75) is 31.9 Å². The molecular weight excluding hydrogens is 270 g/mol. The summed E-state index contributed by atoms with van der Waals surface area (Å²) in [4.78, 5) is 16.1. The third-order valence-electron chi connectivity index (χ3n) is 3.35. The molecule has 0 bridgehead atoms. The minimum absolute atomic E-state index is 0.0298. The van der Waals surface area contributed by atoms with Gasteiger partial charge < -0.3 is 20.1 Å². The number of amides is 1. The molecular formula is C15H23N3O3. The van der Waals surface area contributed by atoms with Gasteiger partial charge in [0.25, 0.3) is 5.91 Å². The number of aromatic nitrogens is 1. The van der Waals surface area contributed by atoms with E-state index in [2.05, 4.69) is 15.6 Å². The van der Waals surface area contributed by atoms with Gasteiger partial charge in [-0.25, -0.2) is 0 Å². The summed E-state index contributed by atoms with van der Waals surface area (Å²) in [5.41, 5.74) is 0.934. The fourth-order valence-corrected chi connectivity index (χ4v) is 2.16. The first-order valence-electron chi connectivity index (χ1n) is 7.38. The molecule has 2 N–H and O–H groups in total. The number of nitrogens with zero attached hydrogens (tertiary/aromatic N) is 1. The van der Waals surface area contributed by atoms with Gasteiger partial charge in [-0.3, -0.25) is 9.78 Å². The number of pyridine rings is 1. The summed E-state index contributed by atoms with van der Waals surface area (Å²) >= 11 is 0. The Morgan fingerprint density at radius 2 is 2.33 bits per heavy atom. The van der Waals surface area contributed by atoms with Crippen LogP contribution in [0.3, 0.4) is 0 Å². The van der Waals surface area contributed by atoms with Crippen molar-refractivity contribution in [3.05, 3.63) is 24.0 Å². The predicted molar refractivity (Wildman–Crippen MR) is 79.1 cm³/mol. The summed E-state index contributed by atoms with van der Waals surface area (Å²) in [5, 5.41) is 6.09. The first-order valence-corrected chi connectivity index (χ1v) is 7.38. The van der Waals surface area contributed by atoms with Crippen molar-refractivity contribution in [3.63, 3.8) is 0 Å². The van der Waals surface area contributed by atoms with Crippen LogP contribution in [-0.2, 0) is 16.1 Å². The highest BCUT2D eigenvalue weighted by molar-refractivity contribution is 5.81. The van der Waals surface area contributed by atoms with Gasteiger partial charge in [-0.05, 0) is 31.4 Å². The van der Waals surface area contributed by atoms with Crippen molar-refractivity contribution in [2.24, 2.45) is 0 Å². The average Bonchev–Trinajstić information content (AvgIpc) is 2.70. The van der Waals surface area contributed by atoms with Gasteiger partial charge in [0.1, 0.15) is 5.75 Å². The molecule has 1 aromatic rings. The van der Waals surface area contributed by atoms with Gasteiger partial charge in [0.15, 0.2) is 6.10 Å². The largest absolute Gasteiger partial charge is 0.479 e. The number of carbonyl (C=O) groups is 1. The van der Waals surface area contributed by atoms with Gasteiger partial charge in [0.2, 0.25) is 0 Å². The molecule has 1 saturated heterocycles. The molecule has 1 aliphatic rings. The molecule has 1 aromatic heterocycles. The van der Waals surface area contributed by atoms with Crippen LogP contribution < -0.4 is 15.4 Å². The van der Waals surface area contributed by atoms with Crippen LogP contribution >= 0.6 is 0 Å². The van der Waals surface area contributed by atoms with Crippen LogP contribution in [0.5, 0.6) is 5.75 Å². The van der Waals surface area contributed by atoms with Crippen molar-refractivity contribution >= 4 is 5.91 Å². The first kappa shape index (κ1) is 15.7. The van der Waals surface area contributed by atoms with Gasteiger partial charge in [-0.1, -0.05) is 0 Å². The van der Waals surface area contributed by atoms with E-state index in [9.17, 15) is 4.79 Å². The minimum Gasteiger partial charge on any atom is -0.479 e. The molecule has 1 unspecified atom stereocenters. The van der Waals surface area contributed by atoms with Crippen molar-refractivity contribution < 1.29 is 14.3 Å². The van der Waals surface area contributed by atoms with Gasteiger partial charge in [0.05, 0.1) is 18.5 Å². The lowest BCUT2D eigenvalue weighted by Crippen LogP contribution is -2.36. The Labute approximate surface area is 125 Å². The Hall–Kier alpha value is -1.66. The van der Waals surface area contributed by atoms with Gasteiger partial charge in [-0.15, -0.1) is 0 Å². The average molecular weight is 293 g/mol. The van der Waals surface area contributed by atoms with E-state index in [1.165, 1.54) is 0 Å². The van der Waals surface area contributed by atoms with Crippen LogP contribution in [0.2, 0.25) is 0 Å². The topological polar surface area (TPSA) is 72.5 Å². The molecule has 0 radical (unpaired) electrons. The van der Waals surface area contributed by atoms with Gasteiger partial charge >= 0.3 is 0 Å². The number of rotatable bonds is 7. The van der Waals surface area contributed by atoms with E-state index in [-0.39, 0.29) is 5.91 Å². The summed E-state index contributed by atoms with van der Waals surface area (Å²) in [7, 11) is 1.68. The van der Waals surface area contributed by atoms with E-state index >= 15 is 0 Å². The number of ether oxygens (including phenoxy) is 2. The molecule has 0 saturated carbocycles. The molecule has 2 rings (SSSR count). The van der Waals surface area contributed by atoms with Gasteiger partial charge in [-0.2, -0.15) is 0 Å². The molecule has 0 aromatic carbocycles. The Morgan fingerprint density at radius 1 is 1.43 bits per heavy atom. The number of methoxy groups -OCH3 is 1. The van der Waals surface area contributed by atoms with Crippen LogP contribution in [0, 0.1) is 0 Å². The fraction of sp³-hybridized carbons (Fsp3) is 0.600. The number of nitrogens with one attached hydrogen (secondary N) is 2. The standard InChI is InChI=1S/C15H23N3O3/c1-20-9-8-16-10-12-5-6-13(11-18-12)21-14-4-2-3-7-17-15(14)19/h5-6,11,14,16H,2-4,7-10H2,1H3,(H,17,19). The zero-order chi connectivity index (χ0) is 14.9. The number of hydrogen-bond acceptors (Lipinski definition) is 5. The molecule has 1 atom stereocenters. The summed E-state index contributed by atoms with van der Waals surface area (Å²) in [6, 6.07) is 3.77. The molecule has 1 fully saturated rings. The monoisotopic (exact) mass is 293 g/mol. The van der Waals surface area contributed by atoms with Crippen molar-refractivity contribution in [1.82, 2.24) is 15.6 Å². The summed E-state index contributed by atoms with van der Waals surface area (Å²) in [6.07, 6.45) is 4.03. The van der Waals surface area contributed by atoms with E-state index in [0.717, 1.165) is 38.0 Å². The Morgan fingerprint density at radius 3 is 3.10 bits per heavy atom. The zero-order valence-corrected chi connectivity index (χ0v) is 12.4. The number of hydrogen-bond donors (Lipinski definition) is 2. The maximum Gasteiger partial charge on any atom is 0.261 e. The Kier molecular flexibility index (Phi) is 6.43. The maximum atomic E-state index is 11.8. The van der Waals surface area contributed by atoms with Crippen molar-refractivity contribution in [3.8, 4) is 5.75 Å². The fourth-order valence-electron chi connectivity index (χ4n) is 2.16. The van der Waals surface area contributed by atoms with E-state index < -0.39 is 6.10 Å². The molecule has 1 aliphatic heterocycles. The predicted octanol–water partition coefficient (Wildman–Crippen LogP) is 0.865. The second-order valence-electron chi connectivity index (χ2n) is 5.05. The highest BCUT2D eigenvalue weighted by Gasteiger charge is 2.22. The molecule has 6 nitrogen and oxygen atoms in total.